The van der Waals surface area contributed by atoms with Crippen molar-refractivity contribution in [2.24, 2.45) is 0 Å². The standard InChI is InChI=1S/C12H9N3O2/c13-6-8-3-1-2-7-4-5-12(9(7)8)10(16)14-11(17)15-12/h1-3H,4-5H2,(H2,14,15,16,17)/t12-/m1/s1. The van der Waals surface area contributed by atoms with Crippen LogP contribution < -0.4 is 10.6 Å². The first-order valence-corrected chi connectivity index (χ1v) is 5.33. The zero-order chi connectivity index (χ0) is 12.0. The van der Waals surface area contributed by atoms with Crippen LogP contribution in [0.3, 0.4) is 0 Å². The molecule has 0 bridgehead atoms. The number of carbonyl (C=O) groups is 2. The number of aryl methyl sites for hydroxylation is 1. The molecule has 1 aliphatic carbocycles. The van der Waals surface area contributed by atoms with Gasteiger partial charge in [0.15, 0.2) is 0 Å². The average Bonchev–Trinajstić information content (AvgIpc) is 2.82. The number of hydrogen-bond acceptors (Lipinski definition) is 3. The topological polar surface area (TPSA) is 82.0 Å². The van der Waals surface area contributed by atoms with E-state index in [9.17, 15) is 9.59 Å². The Morgan fingerprint density at radius 2 is 2.18 bits per heavy atom. The summed E-state index contributed by atoms with van der Waals surface area (Å²) >= 11 is 0. The summed E-state index contributed by atoms with van der Waals surface area (Å²) in [6.07, 6.45) is 1.21. The third-order valence-electron chi connectivity index (χ3n) is 3.41. The lowest BCUT2D eigenvalue weighted by Crippen LogP contribution is -2.42. The van der Waals surface area contributed by atoms with Crippen molar-refractivity contribution in [2.45, 2.75) is 18.4 Å². The van der Waals surface area contributed by atoms with Gasteiger partial charge in [-0.1, -0.05) is 12.1 Å². The summed E-state index contributed by atoms with van der Waals surface area (Å²) in [4.78, 5) is 23.2. The van der Waals surface area contributed by atoms with E-state index < -0.39 is 11.6 Å². The first-order chi connectivity index (χ1) is 8.17. The van der Waals surface area contributed by atoms with E-state index in [1.807, 2.05) is 6.07 Å². The Morgan fingerprint density at radius 1 is 1.35 bits per heavy atom. The van der Waals surface area contributed by atoms with Crippen LogP contribution in [0.25, 0.3) is 0 Å². The quantitative estimate of drug-likeness (QED) is 0.634. The number of urea groups is 1. The van der Waals surface area contributed by atoms with Gasteiger partial charge in [-0.3, -0.25) is 10.1 Å². The molecule has 0 aromatic heterocycles. The zero-order valence-corrected chi connectivity index (χ0v) is 8.91. The van der Waals surface area contributed by atoms with Gasteiger partial charge in [-0.2, -0.15) is 5.26 Å². The van der Waals surface area contributed by atoms with Gasteiger partial charge in [-0.05, 0) is 24.5 Å². The Balaban J connectivity index is 2.25. The predicted octanol–water partition coefficient (Wildman–Crippen LogP) is 0.539. The molecule has 0 saturated carbocycles. The van der Waals surface area contributed by atoms with Crippen LogP contribution in [0.15, 0.2) is 18.2 Å². The van der Waals surface area contributed by atoms with Crippen molar-refractivity contribution < 1.29 is 9.59 Å². The van der Waals surface area contributed by atoms with Crippen molar-refractivity contribution >= 4 is 11.9 Å². The summed E-state index contributed by atoms with van der Waals surface area (Å²) in [5, 5.41) is 14.0. The van der Waals surface area contributed by atoms with Crippen molar-refractivity contribution in [3.63, 3.8) is 0 Å². The number of nitrogens with one attached hydrogen (secondary N) is 2. The number of hydrogen-bond donors (Lipinski definition) is 2. The molecule has 5 heteroatoms. The smallest absolute Gasteiger partial charge is 0.319 e. The van der Waals surface area contributed by atoms with E-state index in [1.165, 1.54) is 0 Å². The minimum absolute atomic E-state index is 0.357. The molecule has 1 aliphatic heterocycles. The maximum atomic E-state index is 11.9. The van der Waals surface area contributed by atoms with Crippen LogP contribution in [0.4, 0.5) is 4.79 Å². The van der Waals surface area contributed by atoms with Gasteiger partial charge in [0, 0.05) is 5.56 Å². The van der Waals surface area contributed by atoms with Gasteiger partial charge in [0.1, 0.15) is 5.54 Å². The summed E-state index contributed by atoms with van der Waals surface area (Å²) in [5.41, 5.74) is 1.04. The number of rotatable bonds is 0. The fourth-order valence-corrected chi connectivity index (χ4v) is 2.70. The van der Waals surface area contributed by atoms with Crippen molar-refractivity contribution in [2.75, 3.05) is 0 Å². The summed E-state index contributed by atoms with van der Waals surface area (Å²) in [7, 11) is 0. The van der Waals surface area contributed by atoms with Crippen LogP contribution in [0, 0.1) is 11.3 Å². The molecule has 1 fully saturated rings. The van der Waals surface area contributed by atoms with Gasteiger partial charge in [0.05, 0.1) is 11.6 Å². The molecule has 3 rings (SSSR count). The predicted molar refractivity (Wildman–Crippen MR) is 57.8 cm³/mol. The van der Waals surface area contributed by atoms with Crippen molar-refractivity contribution in [1.29, 1.82) is 5.26 Å². The van der Waals surface area contributed by atoms with Gasteiger partial charge in [0.2, 0.25) is 0 Å². The van der Waals surface area contributed by atoms with E-state index in [1.54, 1.807) is 12.1 Å². The molecule has 0 radical (unpaired) electrons. The van der Waals surface area contributed by atoms with E-state index in [2.05, 4.69) is 16.7 Å². The van der Waals surface area contributed by atoms with Crippen LogP contribution in [-0.4, -0.2) is 11.9 Å². The van der Waals surface area contributed by atoms with Crippen molar-refractivity contribution in [1.82, 2.24) is 10.6 Å². The summed E-state index contributed by atoms with van der Waals surface area (Å²) < 4.78 is 0. The number of nitrogens with zero attached hydrogens (tertiary/aromatic N) is 1. The molecule has 0 unspecified atom stereocenters. The third-order valence-corrected chi connectivity index (χ3v) is 3.41. The maximum Gasteiger partial charge on any atom is 0.322 e. The SMILES string of the molecule is N#Cc1cccc2c1[C@@]1(CC2)NC(=O)NC1=O. The highest BCUT2D eigenvalue weighted by Gasteiger charge is 2.52. The van der Waals surface area contributed by atoms with Crippen molar-refractivity contribution in [3.05, 3.63) is 34.9 Å². The molecule has 1 aromatic rings. The lowest BCUT2D eigenvalue weighted by atomic mass is 9.88. The molecule has 1 spiro atoms. The van der Waals surface area contributed by atoms with Crippen LogP contribution in [0.2, 0.25) is 0 Å². The molecule has 2 aliphatic rings. The highest BCUT2D eigenvalue weighted by molar-refractivity contribution is 6.08. The number of fused-ring (bicyclic) bond motifs is 2. The highest BCUT2D eigenvalue weighted by atomic mass is 16.2. The summed E-state index contributed by atoms with van der Waals surface area (Å²) in [6.45, 7) is 0. The Hall–Kier alpha value is -2.35. The first-order valence-electron chi connectivity index (χ1n) is 5.33. The van der Waals surface area contributed by atoms with Gasteiger partial charge in [0.25, 0.3) is 5.91 Å². The number of benzene rings is 1. The molecule has 1 atom stereocenters. The molecular formula is C12H9N3O2. The van der Waals surface area contributed by atoms with Gasteiger partial charge in [-0.25, -0.2) is 4.79 Å². The average molecular weight is 227 g/mol. The minimum atomic E-state index is -1.03. The van der Waals surface area contributed by atoms with E-state index in [0.717, 1.165) is 5.56 Å². The Bertz CT molecular complexity index is 588. The number of imide groups is 1. The van der Waals surface area contributed by atoms with Crippen LogP contribution in [0.5, 0.6) is 0 Å². The second-order valence-electron chi connectivity index (χ2n) is 4.27. The zero-order valence-electron chi connectivity index (χ0n) is 8.91. The Morgan fingerprint density at radius 3 is 2.82 bits per heavy atom. The minimum Gasteiger partial charge on any atom is -0.319 e. The van der Waals surface area contributed by atoms with E-state index >= 15 is 0 Å². The fourth-order valence-electron chi connectivity index (χ4n) is 2.70. The van der Waals surface area contributed by atoms with Crippen LogP contribution >= 0.6 is 0 Å². The second-order valence-corrected chi connectivity index (χ2v) is 4.27. The van der Waals surface area contributed by atoms with Crippen LogP contribution in [-0.2, 0) is 16.8 Å². The van der Waals surface area contributed by atoms with Crippen molar-refractivity contribution in [3.8, 4) is 6.07 Å². The van der Waals surface area contributed by atoms with Gasteiger partial charge < -0.3 is 5.32 Å². The normalized spacial score (nSPS) is 25.4. The Labute approximate surface area is 97.4 Å². The van der Waals surface area contributed by atoms with Crippen LogP contribution in [0.1, 0.15) is 23.1 Å². The molecule has 84 valence electrons. The third kappa shape index (κ3) is 1.12. The highest BCUT2D eigenvalue weighted by Crippen LogP contribution is 2.40. The fraction of sp³-hybridized carbons (Fsp3) is 0.250. The molecule has 3 amide bonds. The van der Waals surface area contributed by atoms with Gasteiger partial charge >= 0.3 is 6.03 Å². The summed E-state index contributed by atoms with van der Waals surface area (Å²) in [5.74, 6) is -0.357. The largest absolute Gasteiger partial charge is 0.322 e. The maximum absolute atomic E-state index is 11.9. The van der Waals surface area contributed by atoms with E-state index in [0.29, 0.717) is 24.0 Å². The molecule has 1 saturated heterocycles. The number of nitriles is 1. The molecule has 1 heterocycles. The Kier molecular flexibility index (Phi) is 1.78. The van der Waals surface area contributed by atoms with E-state index in [4.69, 9.17) is 5.26 Å². The monoisotopic (exact) mass is 227 g/mol. The molecule has 2 N–H and O–H groups in total. The lowest BCUT2D eigenvalue weighted by Gasteiger charge is -2.21. The second kappa shape index (κ2) is 3.08. The first kappa shape index (κ1) is 9.85. The molecule has 1 aromatic carbocycles. The molecular weight excluding hydrogens is 218 g/mol. The number of carbonyl (C=O) groups excluding carboxylic acids is 2. The van der Waals surface area contributed by atoms with Gasteiger partial charge in [-0.15, -0.1) is 0 Å². The molecule has 5 nitrogen and oxygen atoms in total. The lowest BCUT2D eigenvalue weighted by molar-refractivity contribution is -0.124. The summed E-state index contributed by atoms with van der Waals surface area (Å²) in [6, 6.07) is 6.95. The van der Waals surface area contributed by atoms with E-state index in [-0.39, 0.29) is 5.91 Å². The molecule has 17 heavy (non-hydrogen) atoms. The number of amides is 3.